The van der Waals surface area contributed by atoms with Crippen LogP contribution >= 0.6 is 0 Å². The predicted molar refractivity (Wildman–Crippen MR) is 122 cm³/mol. The third-order valence-electron chi connectivity index (χ3n) is 4.39. The molecule has 0 amide bonds. The first kappa shape index (κ1) is 30.3. The van der Waals surface area contributed by atoms with Gasteiger partial charge in [-0.3, -0.25) is 9.78 Å². The van der Waals surface area contributed by atoms with Crippen LogP contribution in [0, 0.1) is 0 Å². The number of rotatable bonds is 14. The Morgan fingerprint density at radius 2 is 0.923 bits per heavy atom. The molecule has 0 aromatic heterocycles. The highest BCUT2D eigenvalue weighted by Crippen LogP contribution is 2.28. The van der Waals surface area contributed by atoms with Crippen LogP contribution in [0.2, 0.25) is 0 Å². The Hall–Kier alpha value is -4.96. The molecule has 0 saturated heterocycles. The first-order valence-electron chi connectivity index (χ1n) is 10.7. The lowest BCUT2D eigenvalue weighted by Crippen LogP contribution is -2.15. The zero-order valence-electron chi connectivity index (χ0n) is 21.1. The summed E-state index contributed by atoms with van der Waals surface area (Å²) >= 11 is 0. The Morgan fingerprint density at radius 1 is 0.538 bits per heavy atom. The number of benzene rings is 2. The van der Waals surface area contributed by atoms with Gasteiger partial charge in [0.15, 0.2) is 23.0 Å². The minimum atomic E-state index is -1.34. The molecular formula is C23H24O16. The molecule has 0 N–H and O–H groups in total. The molecule has 2 rings (SSSR count). The van der Waals surface area contributed by atoms with E-state index >= 15 is 0 Å². The second-order valence-electron chi connectivity index (χ2n) is 6.73. The van der Waals surface area contributed by atoms with E-state index in [4.69, 9.17) is 18.9 Å². The van der Waals surface area contributed by atoms with Crippen molar-refractivity contribution in [2.24, 2.45) is 0 Å². The molecular weight excluding hydrogens is 532 g/mol. The molecule has 16 nitrogen and oxygen atoms in total. The molecule has 0 bridgehead atoms. The first-order chi connectivity index (χ1) is 18.8. The molecule has 212 valence electrons. The minimum Gasteiger partial charge on any atom is -0.493 e. The second-order valence-corrected chi connectivity index (χ2v) is 6.73. The quantitative estimate of drug-likeness (QED) is 0.143. The average Bonchev–Trinajstić information content (AvgIpc) is 2.95. The maximum absolute atomic E-state index is 11.9. The van der Waals surface area contributed by atoms with E-state index in [9.17, 15) is 19.2 Å². The summed E-state index contributed by atoms with van der Waals surface area (Å²) in [5.74, 6) is -0.691. The van der Waals surface area contributed by atoms with Crippen LogP contribution in [0.25, 0.3) is 0 Å². The van der Waals surface area contributed by atoms with Gasteiger partial charge in [-0.1, -0.05) is 0 Å². The van der Waals surface area contributed by atoms with E-state index in [1.807, 2.05) is 0 Å². The summed E-state index contributed by atoms with van der Waals surface area (Å²) < 4.78 is 29.4. The molecule has 0 unspecified atom stereocenters. The molecule has 0 atom stereocenters. The fourth-order valence-corrected chi connectivity index (χ4v) is 2.59. The van der Waals surface area contributed by atoms with Crippen molar-refractivity contribution in [3.63, 3.8) is 0 Å². The van der Waals surface area contributed by atoms with Gasteiger partial charge in [0.1, 0.15) is 0 Å². The largest absolute Gasteiger partial charge is 0.543 e. The third-order valence-corrected chi connectivity index (χ3v) is 4.39. The molecule has 39 heavy (non-hydrogen) atoms. The zero-order valence-corrected chi connectivity index (χ0v) is 21.1. The highest BCUT2D eigenvalue weighted by atomic mass is 17.5. The molecule has 0 aliphatic heterocycles. The van der Waals surface area contributed by atoms with Gasteiger partial charge in [-0.15, -0.1) is 0 Å². The second kappa shape index (κ2) is 16.0. The maximum atomic E-state index is 11.9. The lowest BCUT2D eigenvalue weighted by Gasteiger charge is -2.08. The standard InChI is InChI=1S/C23H24O16/c1-28-16-8-6-14(12-18(16)30-3)20(24)34-38-36-22(26)32-10-5-11-33-23(27)37-39-35-21(25)15-7-9-17(29-2)19(13-15)31-4/h6-9,12-13H,5,10-11H2,1-4H3. The monoisotopic (exact) mass is 556 g/mol. The van der Waals surface area contributed by atoms with E-state index in [1.165, 1.54) is 64.8 Å². The van der Waals surface area contributed by atoms with Crippen molar-refractivity contribution in [2.45, 2.75) is 6.42 Å². The minimum absolute atomic E-state index is 0.00105. The molecule has 0 saturated carbocycles. The molecule has 0 radical (unpaired) electrons. The van der Waals surface area contributed by atoms with Crippen molar-refractivity contribution in [2.75, 3.05) is 41.7 Å². The molecule has 0 heterocycles. The molecule has 0 spiro atoms. The molecule has 0 aliphatic carbocycles. The van der Waals surface area contributed by atoms with Crippen LogP contribution in [-0.2, 0) is 39.1 Å². The maximum Gasteiger partial charge on any atom is 0.543 e. The van der Waals surface area contributed by atoms with Gasteiger partial charge >= 0.3 is 24.2 Å². The van der Waals surface area contributed by atoms with Gasteiger partial charge in [0, 0.05) is 6.42 Å². The summed E-state index contributed by atoms with van der Waals surface area (Å²) in [6.45, 7) is -0.567. The van der Waals surface area contributed by atoms with Gasteiger partial charge < -0.3 is 28.4 Å². The van der Waals surface area contributed by atoms with E-state index in [-0.39, 0.29) is 42.3 Å². The summed E-state index contributed by atoms with van der Waals surface area (Å²) in [5.41, 5.74) is 0.0433. The van der Waals surface area contributed by atoms with Crippen molar-refractivity contribution in [3.05, 3.63) is 47.5 Å². The fourth-order valence-electron chi connectivity index (χ4n) is 2.59. The number of methoxy groups -OCH3 is 4. The number of ether oxygens (including phenoxy) is 6. The van der Waals surface area contributed by atoms with Gasteiger partial charge in [-0.25, -0.2) is 29.0 Å². The van der Waals surface area contributed by atoms with Crippen LogP contribution in [0.4, 0.5) is 9.59 Å². The van der Waals surface area contributed by atoms with Gasteiger partial charge in [-0.05, 0) is 36.4 Å². The number of hydrogen-bond acceptors (Lipinski definition) is 16. The number of hydrogen-bond donors (Lipinski definition) is 0. The lowest BCUT2D eigenvalue weighted by atomic mass is 10.2. The lowest BCUT2D eigenvalue weighted by molar-refractivity contribution is -0.452. The average molecular weight is 556 g/mol. The Labute approximate surface area is 220 Å². The van der Waals surface area contributed by atoms with E-state index < -0.39 is 24.2 Å². The normalized spacial score (nSPS) is 9.95. The van der Waals surface area contributed by atoms with E-state index in [1.54, 1.807) is 0 Å². The topological polar surface area (TPSA) is 179 Å². The Balaban J connectivity index is 1.56. The van der Waals surface area contributed by atoms with Gasteiger partial charge in [-0.2, -0.15) is 0 Å². The summed E-state index contributed by atoms with van der Waals surface area (Å²) in [4.78, 5) is 63.6. The Bertz CT molecular complexity index is 1040. The Kier molecular flexibility index (Phi) is 12.4. The van der Waals surface area contributed by atoms with Crippen LogP contribution < -0.4 is 18.9 Å². The van der Waals surface area contributed by atoms with Crippen molar-refractivity contribution < 1.29 is 77.2 Å². The first-order valence-corrected chi connectivity index (χ1v) is 10.7. The highest BCUT2D eigenvalue weighted by molar-refractivity contribution is 5.90. The van der Waals surface area contributed by atoms with Crippen LogP contribution in [0.1, 0.15) is 27.1 Å². The zero-order chi connectivity index (χ0) is 28.6. The number of carbonyl (C=O) groups is 4. The fraction of sp³-hybridized carbons (Fsp3) is 0.304. The van der Waals surface area contributed by atoms with Gasteiger partial charge in [0.25, 0.3) is 0 Å². The van der Waals surface area contributed by atoms with E-state index in [0.717, 1.165) is 0 Å². The van der Waals surface area contributed by atoms with Crippen LogP contribution in [-0.4, -0.2) is 65.9 Å². The Morgan fingerprint density at radius 3 is 1.28 bits per heavy atom. The predicted octanol–water partition coefficient (Wildman–Crippen LogP) is 3.12. The highest BCUT2D eigenvalue weighted by Gasteiger charge is 2.17. The van der Waals surface area contributed by atoms with Crippen molar-refractivity contribution in [1.29, 1.82) is 0 Å². The number of carbonyl (C=O) groups excluding carboxylic acids is 4. The summed E-state index contributed by atoms with van der Waals surface area (Å²) in [6.07, 6.45) is -2.69. The van der Waals surface area contributed by atoms with Crippen LogP contribution in [0.15, 0.2) is 36.4 Å². The van der Waals surface area contributed by atoms with Gasteiger partial charge in [0.2, 0.25) is 0 Å². The van der Waals surface area contributed by atoms with Crippen molar-refractivity contribution in [3.8, 4) is 23.0 Å². The summed E-state index contributed by atoms with van der Waals surface area (Å²) in [5, 5.41) is 8.17. The molecule has 2 aromatic rings. The molecule has 0 fully saturated rings. The molecule has 16 heteroatoms. The third kappa shape index (κ3) is 9.78. The molecule has 0 aliphatic rings. The van der Waals surface area contributed by atoms with Crippen molar-refractivity contribution >= 4 is 24.2 Å². The van der Waals surface area contributed by atoms with E-state index in [2.05, 4.69) is 39.1 Å². The van der Waals surface area contributed by atoms with Crippen LogP contribution in [0.3, 0.4) is 0 Å². The smallest absolute Gasteiger partial charge is 0.493 e. The summed E-state index contributed by atoms with van der Waals surface area (Å²) in [6, 6.07) is 8.29. The van der Waals surface area contributed by atoms with Crippen molar-refractivity contribution in [1.82, 2.24) is 0 Å². The summed E-state index contributed by atoms with van der Waals surface area (Å²) in [7, 11) is 5.61. The molecule has 2 aromatic carbocycles. The van der Waals surface area contributed by atoms with E-state index in [0.29, 0.717) is 11.5 Å². The van der Waals surface area contributed by atoms with Gasteiger partial charge in [0.05, 0.1) is 62.9 Å². The SMILES string of the molecule is COc1ccc(C(=O)OOOC(=O)OCCCOC(=O)OOOC(=O)c2ccc(OC)c(OC)c2)cc1OC. The van der Waals surface area contributed by atoms with Crippen LogP contribution in [0.5, 0.6) is 23.0 Å².